The van der Waals surface area contributed by atoms with E-state index in [1.165, 1.54) is 18.1 Å². The lowest BCUT2D eigenvalue weighted by Gasteiger charge is -2.13. The molecule has 0 unspecified atom stereocenters. The number of carbonyl (C=O) groups is 1. The molecule has 6 heteroatoms. The maximum Gasteiger partial charge on any atom is 0.237 e. The second-order valence-corrected chi connectivity index (χ2v) is 7.35. The SMILES string of the molecule is Cc1ccccc1NC(=O)[C@H](C)Sc1ncnc2c1oc1ccccc12. The van der Waals surface area contributed by atoms with Gasteiger partial charge in [0.15, 0.2) is 5.58 Å². The predicted octanol–water partition coefficient (Wildman–Crippen LogP) is 4.80. The Morgan fingerprint density at radius 2 is 1.88 bits per heavy atom. The number of anilines is 1. The topological polar surface area (TPSA) is 68.0 Å². The van der Waals surface area contributed by atoms with Crippen LogP contribution in [0.5, 0.6) is 0 Å². The van der Waals surface area contributed by atoms with Crippen molar-refractivity contribution in [3.8, 4) is 0 Å². The van der Waals surface area contributed by atoms with Gasteiger partial charge in [-0.15, -0.1) is 0 Å². The van der Waals surface area contributed by atoms with Crippen LogP contribution in [0.1, 0.15) is 12.5 Å². The van der Waals surface area contributed by atoms with Crippen molar-refractivity contribution in [1.29, 1.82) is 0 Å². The lowest BCUT2D eigenvalue weighted by molar-refractivity contribution is -0.115. The van der Waals surface area contributed by atoms with E-state index in [1.54, 1.807) is 0 Å². The Labute approximate surface area is 154 Å². The first kappa shape index (κ1) is 16.6. The van der Waals surface area contributed by atoms with E-state index in [0.717, 1.165) is 27.7 Å². The standard InChI is InChI=1S/C20H17N3O2S/c1-12-7-3-5-9-15(12)23-19(24)13(2)26-20-18-17(21-11-22-20)14-8-4-6-10-16(14)25-18/h3-11,13H,1-2H3,(H,23,24)/t13-/m0/s1. The van der Waals surface area contributed by atoms with Crippen molar-refractivity contribution < 1.29 is 9.21 Å². The molecule has 0 spiro atoms. The zero-order valence-corrected chi connectivity index (χ0v) is 15.2. The van der Waals surface area contributed by atoms with Crippen LogP contribution in [0.25, 0.3) is 22.1 Å². The summed E-state index contributed by atoms with van der Waals surface area (Å²) < 4.78 is 5.92. The Hall–Kier alpha value is -2.86. The zero-order valence-electron chi connectivity index (χ0n) is 14.4. The minimum atomic E-state index is -0.332. The van der Waals surface area contributed by atoms with Crippen LogP contribution in [0.3, 0.4) is 0 Å². The Kier molecular flexibility index (Phi) is 4.34. The van der Waals surface area contributed by atoms with E-state index in [9.17, 15) is 4.79 Å². The summed E-state index contributed by atoms with van der Waals surface area (Å²) in [6.45, 7) is 3.82. The van der Waals surface area contributed by atoms with Gasteiger partial charge in [0.25, 0.3) is 0 Å². The van der Waals surface area contributed by atoms with Crippen LogP contribution in [0.2, 0.25) is 0 Å². The van der Waals surface area contributed by atoms with Gasteiger partial charge in [0.1, 0.15) is 22.5 Å². The number of nitrogens with zero attached hydrogens (tertiary/aromatic N) is 2. The summed E-state index contributed by atoms with van der Waals surface area (Å²) in [5, 5.41) is 4.25. The van der Waals surface area contributed by atoms with Crippen molar-refractivity contribution in [3.63, 3.8) is 0 Å². The molecule has 2 heterocycles. The molecule has 5 nitrogen and oxygen atoms in total. The summed E-state index contributed by atoms with van der Waals surface area (Å²) in [4.78, 5) is 21.2. The van der Waals surface area contributed by atoms with Gasteiger partial charge in [0.05, 0.1) is 5.25 Å². The Morgan fingerprint density at radius 1 is 1.12 bits per heavy atom. The first-order chi connectivity index (χ1) is 12.6. The Balaban J connectivity index is 1.60. The van der Waals surface area contributed by atoms with E-state index in [4.69, 9.17) is 4.42 Å². The number of carbonyl (C=O) groups excluding carboxylic acids is 1. The summed E-state index contributed by atoms with van der Waals surface area (Å²) in [7, 11) is 0. The van der Waals surface area contributed by atoms with Crippen molar-refractivity contribution in [2.24, 2.45) is 0 Å². The highest BCUT2D eigenvalue weighted by molar-refractivity contribution is 8.00. The van der Waals surface area contributed by atoms with E-state index in [0.29, 0.717) is 10.6 Å². The molecule has 4 aromatic rings. The molecular formula is C20H17N3O2S. The van der Waals surface area contributed by atoms with E-state index < -0.39 is 0 Å². The molecule has 26 heavy (non-hydrogen) atoms. The number of amides is 1. The molecule has 2 aromatic heterocycles. The highest BCUT2D eigenvalue weighted by Crippen LogP contribution is 2.34. The minimum absolute atomic E-state index is 0.0767. The first-order valence-electron chi connectivity index (χ1n) is 8.29. The van der Waals surface area contributed by atoms with E-state index in [2.05, 4.69) is 15.3 Å². The van der Waals surface area contributed by atoms with Crippen molar-refractivity contribution in [2.75, 3.05) is 5.32 Å². The zero-order chi connectivity index (χ0) is 18.1. The molecule has 0 aliphatic heterocycles. The molecule has 0 bridgehead atoms. The van der Waals surface area contributed by atoms with E-state index in [-0.39, 0.29) is 11.2 Å². The molecular weight excluding hydrogens is 346 g/mol. The predicted molar refractivity (Wildman–Crippen MR) is 104 cm³/mol. The smallest absolute Gasteiger partial charge is 0.237 e. The molecule has 1 amide bonds. The number of para-hydroxylation sites is 2. The van der Waals surface area contributed by atoms with Crippen molar-refractivity contribution in [2.45, 2.75) is 24.1 Å². The second-order valence-electron chi connectivity index (χ2n) is 6.02. The number of aromatic nitrogens is 2. The molecule has 0 fully saturated rings. The molecule has 4 rings (SSSR count). The molecule has 1 N–H and O–H groups in total. The first-order valence-corrected chi connectivity index (χ1v) is 9.17. The van der Waals surface area contributed by atoms with Crippen molar-refractivity contribution in [3.05, 3.63) is 60.4 Å². The summed E-state index contributed by atoms with van der Waals surface area (Å²) in [6.07, 6.45) is 1.51. The van der Waals surface area contributed by atoms with E-state index in [1.807, 2.05) is 62.4 Å². The van der Waals surface area contributed by atoms with Gasteiger partial charge in [-0.1, -0.05) is 42.1 Å². The van der Waals surface area contributed by atoms with Crippen LogP contribution >= 0.6 is 11.8 Å². The minimum Gasteiger partial charge on any atom is -0.451 e. The van der Waals surface area contributed by atoms with Gasteiger partial charge in [-0.2, -0.15) is 0 Å². The number of fused-ring (bicyclic) bond motifs is 3. The number of rotatable bonds is 4. The lowest BCUT2D eigenvalue weighted by atomic mass is 10.2. The third-order valence-corrected chi connectivity index (χ3v) is 5.27. The van der Waals surface area contributed by atoms with Crippen LogP contribution < -0.4 is 5.32 Å². The number of thioether (sulfide) groups is 1. The fourth-order valence-corrected chi connectivity index (χ4v) is 3.61. The third-order valence-electron chi connectivity index (χ3n) is 4.19. The number of aryl methyl sites for hydroxylation is 1. The fraction of sp³-hybridized carbons (Fsp3) is 0.150. The van der Waals surface area contributed by atoms with Crippen LogP contribution in [0.15, 0.2) is 64.3 Å². The summed E-state index contributed by atoms with van der Waals surface area (Å²) in [5.41, 5.74) is 4.00. The lowest BCUT2D eigenvalue weighted by Crippen LogP contribution is -2.22. The van der Waals surface area contributed by atoms with Gasteiger partial charge in [-0.25, -0.2) is 9.97 Å². The van der Waals surface area contributed by atoms with Gasteiger partial charge >= 0.3 is 0 Å². The summed E-state index contributed by atoms with van der Waals surface area (Å²) >= 11 is 1.36. The highest BCUT2D eigenvalue weighted by atomic mass is 32.2. The van der Waals surface area contributed by atoms with Gasteiger partial charge < -0.3 is 9.73 Å². The average molecular weight is 363 g/mol. The maximum atomic E-state index is 12.6. The number of hydrogen-bond donors (Lipinski definition) is 1. The van der Waals surface area contributed by atoms with Crippen LogP contribution in [0, 0.1) is 6.92 Å². The van der Waals surface area contributed by atoms with Crippen LogP contribution in [-0.4, -0.2) is 21.1 Å². The van der Waals surface area contributed by atoms with Gasteiger partial charge in [0, 0.05) is 11.1 Å². The largest absolute Gasteiger partial charge is 0.451 e. The number of hydrogen-bond acceptors (Lipinski definition) is 5. The van der Waals surface area contributed by atoms with E-state index >= 15 is 0 Å². The van der Waals surface area contributed by atoms with Gasteiger partial charge in [-0.3, -0.25) is 4.79 Å². The molecule has 0 aliphatic carbocycles. The quantitative estimate of drug-likeness (QED) is 0.416. The molecule has 130 valence electrons. The summed E-state index contributed by atoms with van der Waals surface area (Å²) in [5.74, 6) is -0.0767. The van der Waals surface area contributed by atoms with Crippen LogP contribution in [-0.2, 0) is 4.79 Å². The normalized spacial score (nSPS) is 12.4. The maximum absolute atomic E-state index is 12.6. The second kappa shape index (κ2) is 6.80. The molecule has 0 saturated carbocycles. The number of furan rings is 1. The Bertz CT molecular complexity index is 1110. The van der Waals surface area contributed by atoms with Gasteiger partial charge in [0.2, 0.25) is 5.91 Å². The highest BCUT2D eigenvalue weighted by Gasteiger charge is 2.20. The third kappa shape index (κ3) is 3.04. The monoisotopic (exact) mass is 363 g/mol. The van der Waals surface area contributed by atoms with Crippen molar-refractivity contribution >= 4 is 45.4 Å². The Morgan fingerprint density at radius 3 is 2.73 bits per heavy atom. The van der Waals surface area contributed by atoms with Crippen molar-refractivity contribution in [1.82, 2.24) is 9.97 Å². The summed E-state index contributed by atoms with van der Waals surface area (Å²) in [6, 6.07) is 15.5. The molecule has 2 aromatic carbocycles. The van der Waals surface area contributed by atoms with Crippen LogP contribution in [0.4, 0.5) is 5.69 Å². The number of benzene rings is 2. The molecule has 0 aliphatic rings. The average Bonchev–Trinajstić information content (AvgIpc) is 3.03. The number of nitrogens with one attached hydrogen (secondary N) is 1. The molecule has 0 saturated heterocycles. The molecule has 1 atom stereocenters. The fourth-order valence-electron chi connectivity index (χ4n) is 2.76. The van der Waals surface area contributed by atoms with Gasteiger partial charge in [-0.05, 0) is 37.6 Å². The molecule has 0 radical (unpaired) electrons.